The van der Waals surface area contributed by atoms with Gasteiger partial charge in [0.1, 0.15) is 5.82 Å². The highest BCUT2D eigenvalue weighted by Crippen LogP contribution is 2.27. The van der Waals surface area contributed by atoms with Gasteiger partial charge in [-0.2, -0.15) is 0 Å². The molecule has 0 fully saturated rings. The highest BCUT2D eigenvalue weighted by Gasteiger charge is 2.12. The zero-order valence-electron chi connectivity index (χ0n) is 12.9. The molecule has 0 amide bonds. The van der Waals surface area contributed by atoms with Crippen LogP contribution >= 0.6 is 0 Å². The van der Waals surface area contributed by atoms with Gasteiger partial charge < -0.3 is 9.97 Å². The Labute approximate surface area is 129 Å². The van der Waals surface area contributed by atoms with Gasteiger partial charge in [-0.3, -0.25) is 0 Å². The molecule has 2 aromatic carbocycles. The van der Waals surface area contributed by atoms with E-state index in [1.165, 1.54) is 27.6 Å². The number of rotatable bonds is 3. The van der Waals surface area contributed by atoms with Crippen LogP contribution < -0.4 is 0 Å². The second kappa shape index (κ2) is 5.02. The third-order valence-electron chi connectivity index (χ3n) is 4.41. The van der Waals surface area contributed by atoms with Gasteiger partial charge in [0.05, 0.1) is 11.0 Å². The van der Waals surface area contributed by atoms with Crippen LogP contribution in [0.1, 0.15) is 29.4 Å². The van der Waals surface area contributed by atoms with Crippen molar-refractivity contribution in [2.24, 2.45) is 0 Å². The SMILES string of the molecule is CCc1cc(C)c2[nH]ccc2c1Cc1nc2ccccc2[nH]1. The van der Waals surface area contributed by atoms with Gasteiger partial charge in [-0.05, 0) is 48.2 Å². The lowest BCUT2D eigenvalue weighted by Gasteiger charge is -2.11. The van der Waals surface area contributed by atoms with Crippen LogP contribution in [0.4, 0.5) is 0 Å². The Morgan fingerprint density at radius 2 is 2.00 bits per heavy atom. The maximum absolute atomic E-state index is 4.73. The van der Waals surface area contributed by atoms with E-state index in [-0.39, 0.29) is 0 Å². The van der Waals surface area contributed by atoms with E-state index in [0.29, 0.717) is 0 Å². The number of para-hydroxylation sites is 2. The Balaban J connectivity index is 1.86. The second-order valence-corrected chi connectivity index (χ2v) is 5.83. The van der Waals surface area contributed by atoms with Crippen molar-refractivity contribution in [2.75, 3.05) is 0 Å². The van der Waals surface area contributed by atoms with E-state index >= 15 is 0 Å². The molecule has 2 heterocycles. The van der Waals surface area contributed by atoms with Crippen molar-refractivity contribution >= 4 is 21.9 Å². The van der Waals surface area contributed by atoms with Gasteiger partial charge in [0.25, 0.3) is 0 Å². The van der Waals surface area contributed by atoms with E-state index < -0.39 is 0 Å². The Morgan fingerprint density at radius 3 is 2.82 bits per heavy atom. The van der Waals surface area contributed by atoms with Crippen molar-refractivity contribution in [3.8, 4) is 0 Å². The summed E-state index contributed by atoms with van der Waals surface area (Å²) in [6, 6.07) is 12.7. The smallest absolute Gasteiger partial charge is 0.111 e. The Hall–Kier alpha value is -2.55. The number of nitrogens with one attached hydrogen (secondary N) is 2. The van der Waals surface area contributed by atoms with Gasteiger partial charge in [-0.1, -0.05) is 25.1 Å². The molecule has 0 bridgehead atoms. The molecule has 0 unspecified atom stereocenters. The van der Waals surface area contributed by atoms with Crippen LogP contribution in [-0.4, -0.2) is 15.0 Å². The molecule has 4 rings (SSSR count). The average molecular weight is 289 g/mol. The van der Waals surface area contributed by atoms with Gasteiger partial charge in [0.2, 0.25) is 0 Å². The average Bonchev–Trinajstić information content (AvgIpc) is 3.15. The van der Waals surface area contributed by atoms with Crippen LogP contribution in [0.3, 0.4) is 0 Å². The molecule has 0 aliphatic rings. The lowest BCUT2D eigenvalue weighted by Crippen LogP contribution is -1.98. The van der Waals surface area contributed by atoms with Crippen LogP contribution in [0.15, 0.2) is 42.6 Å². The van der Waals surface area contributed by atoms with Gasteiger partial charge in [0, 0.05) is 23.5 Å². The number of H-pyrrole nitrogens is 2. The fourth-order valence-corrected chi connectivity index (χ4v) is 3.32. The van der Waals surface area contributed by atoms with Crippen LogP contribution in [0.2, 0.25) is 0 Å². The van der Waals surface area contributed by atoms with E-state index in [4.69, 9.17) is 4.98 Å². The molecule has 3 nitrogen and oxygen atoms in total. The van der Waals surface area contributed by atoms with Crippen LogP contribution in [0, 0.1) is 6.92 Å². The molecule has 22 heavy (non-hydrogen) atoms. The summed E-state index contributed by atoms with van der Waals surface area (Å²) in [6.45, 7) is 4.39. The van der Waals surface area contributed by atoms with Crippen molar-refractivity contribution in [3.05, 3.63) is 65.1 Å². The summed E-state index contributed by atoms with van der Waals surface area (Å²) in [5.74, 6) is 1.03. The fourth-order valence-electron chi connectivity index (χ4n) is 3.32. The van der Waals surface area contributed by atoms with Crippen molar-refractivity contribution < 1.29 is 0 Å². The normalized spacial score (nSPS) is 11.5. The number of hydrogen-bond donors (Lipinski definition) is 2. The van der Waals surface area contributed by atoms with E-state index in [2.05, 4.69) is 48.1 Å². The predicted octanol–water partition coefficient (Wildman–Crippen LogP) is 4.51. The molecule has 4 aromatic rings. The predicted molar refractivity (Wildman–Crippen MR) is 91.3 cm³/mol. The zero-order valence-corrected chi connectivity index (χ0v) is 12.9. The molecule has 2 N–H and O–H groups in total. The molecule has 0 atom stereocenters. The summed E-state index contributed by atoms with van der Waals surface area (Å²) in [4.78, 5) is 11.5. The third-order valence-corrected chi connectivity index (χ3v) is 4.41. The largest absolute Gasteiger partial charge is 0.361 e. The lowest BCUT2D eigenvalue weighted by molar-refractivity contribution is 1.00. The minimum atomic E-state index is 0.840. The number of fused-ring (bicyclic) bond motifs is 2. The molecule has 0 saturated carbocycles. The van der Waals surface area contributed by atoms with Crippen molar-refractivity contribution in [1.29, 1.82) is 0 Å². The number of hydrogen-bond acceptors (Lipinski definition) is 1. The summed E-state index contributed by atoms with van der Waals surface area (Å²) in [7, 11) is 0. The molecular formula is C19H19N3. The summed E-state index contributed by atoms with van der Waals surface area (Å²) in [6.07, 6.45) is 3.91. The van der Waals surface area contributed by atoms with Gasteiger partial charge in [-0.15, -0.1) is 0 Å². The Morgan fingerprint density at radius 1 is 1.14 bits per heavy atom. The highest BCUT2D eigenvalue weighted by molar-refractivity contribution is 5.87. The van der Waals surface area contributed by atoms with Gasteiger partial charge in [0.15, 0.2) is 0 Å². The first kappa shape index (κ1) is 13.1. The minimum absolute atomic E-state index is 0.840. The second-order valence-electron chi connectivity index (χ2n) is 5.83. The number of nitrogens with zero attached hydrogens (tertiary/aromatic N) is 1. The molecule has 0 saturated heterocycles. The first-order valence-corrected chi connectivity index (χ1v) is 7.78. The first-order valence-electron chi connectivity index (χ1n) is 7.78. The van der Waals surface area contributed by atoms with Crippen molar-refractivity contribution in [1.82, 2.24) is 15.0 Å². The zero-order chi connectivity index (χ0) is 15.1. The summed E-state index contributed by atoms with van der Waals surface area (Å²) >= 11 is 0. The maximum atomic E-state index is 4.73. The van der Waals surface area contributed by atoms with E-state index in [0.717, 1.165) is 29.7 Å². The molecule has 0 spiro atoms. The number of aromatic nitrogens is 3. The molecule has 0 aliphatic carbocycles. The highest BCUT2D eigenvalue weighted by atomic mass is 14.9. The standard InChI is InChI=1S/C19H19N3/c1-3-13-10-12(2)19-14(8-9-20-19)15(13)11-18-21-16-6-4-5-7-17(16)22-18/h4-10,20H,3,11H2,1-2H3,(H,21,22). The molecule has 0 radical (unpaired) electrons. The van der Waals surface area contributed by atoms with E-state index in [1.54, 1.807) is 0 Å². The monoisotopic (exact) mass is 289 g/mol. The summed E-state index contributed by atoms with van der Waals surface area (Å²) < 4.78 is 0. The number of benzene rings is 2. The van der Waals surface area contributed by atoms with Crippen LogP contribution in [0.25, 0.3) is 21.9 Å². The number of imidazole rings is 1. The Kier molecular flexibility index (Phi) is 3.00. The maximum Gasteiger partial charge on any atom is 0.111 e. The van der Waals surface area contributed by atoms with E-state index in [1.807, 2.05) is 18.3 Å². The summed E-state index contributed by atoms with van der Waals surface area (Å²) in [5, 5.41) is 1.32. The third kappa shape index (κ3) is 2.01. The minimum Gasteiger partial charge on any atom is -0.361 e. The number of aromatic amines is 2. The molecule has 3 heteroatoms. The molecule has 110 valence electrons. The molecule has 0 aliphatic heterocycles. The summed E-state index contributed by atoms with van der Waals surface area (Å²) in [5.41, 5.74) is 7.47. The van der Waals surface area contributed by atoms with Crippen LogP contribution in [-0.2, 0) is 12.8 Å². The lowest BCUT2D eigenvalue weighted by atomic mass is 9.95. The Bertz CT molecular complexity index is 926. The van der Waals surface area contributed by atoms with Gasteiger partial charge in [-0.25, -0.2) is 4.98 Å². The first-order chi connectivity index (χ1) is 10.8. The van der Waals surface area contributed by atoms with E-state index in [9.17, 15) is 0 Å². The van der Waals surface area contributed by atoms with Crippen LogP contribution in [0.5, 0.6) is 0 Å². The van der Waals surface area contributed by atoms with Crippen molar-refractivity contribution in [3.63, 3.8) is 0 Å². The molecule has 2 aromatic heterocycles. The number of aryl methyl sites for hydroxylation is 2. The fraction of sp³-hybridized carbons (Fsp3) is 0.211. The topological polar surface area (TPSA) is 44.5 Å². The quantitative estimate of drug-likeness (QED) is 0.573. The van der Waals surface area contributed by atoms with Gasteiger partial charge >= 0.3 is 0 Å². The molecular weight excluding hydrogens is 270 g/mol. The van der Waals surface area contributed by atoms with Crippen molar-refractivity contribution in [2.45, 2.75) is 26.7 Å².